The van der Waals surface area contributed by atoms with E-state index in [2.05, 4.69) is 27.5 Å². The number of aliphatic imine (C=N–C) groups is 1. The highest BCUT2D eigenvalue weighted by molar-refractivity contribution is 14.0. The molecule has 136 valence electrons. The molecule has 0 aliphatic carbocycles. The number of pyridine rings is 1. The predicted molar refractivity (Wildman–Crippen MR) is 112 cm³/mol. The summed E-state index contributed by atoms with van der Waals surface area (Å²) in [5.41, 5.74) is 3.57. The molecule has 0 spiro atoms. The topological polar surface area (TPSA) is 49.3 Å². The van der Waals surface area contributed by atoms with Crippen LogP contribution in [0.25, 0.3) is 0 Å². The second-order valence-corrected chi connectivity index (χ2v) is 5.62. The molecule has 0 fully saturated rings. The van der Waals surface area contributed by atoms with Crippen LogP contribution in [-0.4, -0.2) is 30.6 Å². The molecule has 2 rings (SSSR count). The third-order valence-electron chi connectivity index (χ3n) is 3.75. The molecule has 0 saturated carbocycles. The molecule has 25 heavy (non-hydrogen) atoms. The van der Waals surface area contributed by atoms with E-state index in [0.29, 0.717) is 0 Å². The number of hydrogen-bond acceptors (Lipinski definition) is 2. The minimum atomic E-state index is -0.201. The molecule has 0 aliphatic rings. The Morgan fingerprint density at radius 3 is 2.56 bits per heavy atom. The Bertz CT molecular complexity index is 659. The first-order chi connectivity index (χ1) is 11.7. The molecule has 0 aliphatic heterocycles. The predicted octanol–water partition coefficient (Wildman–Crippen LogP) is 3.49. The lowest BCUT2D eigenvalue weighted by Gasteiger charge is -2.11. The van der Waals surface area contributed by atoms with E-state index in [1.54, 1.807) is 0 Å². The van der Waals surface area contributed by atoms with Crippen molar-refractivity contribution in [2.24, 2.45) is 4.99 Å². The molecular formula is C19H26FIN4. The fourth-order valence-corrected chi connectivity index (χ4v) is 2.39. The van der Waals surface area contributed by atoms with Crippen LogP contribution in [0.15, 0.2) is 47.7 Å². The minimum Gasteiger partial charge on any atom is -0.357 e. The monoisotopic (exact) mass is 456 g/mol. The molecule has 0 atom stereocenters. The van der Waals surface area contributed by atoms with E-state index in [1.165, 1.54) is 23.3 Å². The van der Waals surface area contributed by atoms with Crippen molar-refractivity contribution in [3.05, 3.63) is 65.2 Å². The van der Waals surface area contributed by atoms with Crippen molar-refractivity contribution in [3.63, 3.8) is 0 Å². The van der Waals surface area contributed by atoms with Crippen molar-refractivity contribution >= 4 is 29.9 Å². The molecule has 0 bridgehead atoms. The second kappa shape index (κ2) is 11.8. The number of aromatic nitrogens is 1. The maximum absolute atomic E-state index is 12.9. The molecule has 6 heteroatoms. The first kappa shape index (κ1) is 21.3. The molecule has 0 radical (unpaired) electrons. The van der Waals surface area contributed by atoms with Crippen LogP contribution in [-0.2, 0) is 12.8 Å². The van der Waals surface area contributed by atoms with Gasteiger partial charge in [-0.25, -0.2) is 4.39 Å². The van der Waals surface area contributed by atoms with E-state index in [0.717, 1.165) is 44.0 Å². The van der Waals surface area contributed by atoms with E-state index in [-0.39, 0.29) is 29.8 Å². The average molecular weight is 456 g/mol. The Balaban J connectivity index is 0.00000312. The maximum atomic E-state index is 12.9. The number of aryl methyl sites for hydroxylation is 1. The lowest BCUT2D eigenvalue weighted by Crippen LogP contribution is -2.38. The Morgan fingerprint density at radius 2 is 1.88 bits per heavy atom. The molecular weight excluding hydrogens is 430 g/mol. The molecule has 0 saturated heterocycles. The second-order valence-electron chi connectivity index (χ2n) is 5.62. The lowest BCUT2D eigenvalue weighted by molar-refractivity contribution is 0.626. The van der Waals surface area contributed by atoms with Crippen molar-refractivity contribution < 1.29 is 4.39 Å². The van der Waals surface area contributed by atoms with E-state index in [4.69, 9.17) is 0 Å². The van der Waals surface area contributed by atoms with Gasteiger partial charge in [-0.05, 0) is 61.6 Å². The van der Waals surface area contributed by atoms with Crippen LogP contribution in [0.2, 0.25) is 0 Å². The average Bonchev–Trinajstić information content (AvgIpc) is 2.58. The summed E-state index contributed by atoms with van der Waals surface area (Å²) < 4.78 is 12.9. The molecule has 1 heterocycles. The van der Waals surface area contributed by atoms with Gasteiger partial charge < -0.3 is 10.6 Å². The van der Waals surface area contributed by atoms with Gasteiger partial charge in [-0.3, -0.25) is 9.98 Å². The van der Waals surface area contributed by atoms with Crippen LogP contribution in [0.1, 0.15) is 23.6 Å². The zero-order chi connectivity index (χ0) is 17.2. The lowest BCUT2D eigenvalue weighted by atomic mass is 10.1. The van der Waals surface area contributed by atoms with Gasteiger partial charge in [0.15, 0.2) is 5.96 Å². The van der Waals surface area contributed by atoms with E-state index >= 15 is 0 Å². The quantitative estimate of drug-likeness (QED) is 0.381. The Labute approximate surface area is 166 Å². The third-order valence-corrected chi connectivity index (χ3v) is 3.75. The number of hydrogen-bond donors (Lipinski definition) is 2. The van der Waals surface area contributed by atoms with Gasteiger partial charge in [-0.1, -0.05) is 12.1 Å². The van der Waals surface area contributed by atoms with Gasteiger partial charge in [-0.15, -0.1) is 24.0 Å². The van der Waals surface area contributed by atoms with Gasteiger partial charge in [0.25, 0.3) is 0 Å². The van der Waals surface area contributed by atoms with Gasteiger partial charge in [0.2, 0.25) is 0 Å². The van der Waals surface area contributed by atoms with Crippen LogP contribution in [0.4, 0.5) is 4.39 Å². The van der Waals surface area contributed by atoms with E-state index in [9.17, 15) is 4.39 Å². The van der Waals surface area contributed by atoms with Gasteiger partial charge in [-0.2, -0.15) is 0 Å². The number of benzene rings is 1. The van der Waals surface area contributed by atoms with Gasteiger partial charge in [0.05, 0.1) is 0 Å². The summed E-state index contributed by atoms with van der Waals surface area (Å²) in [6, 6.07) is 8.65. The van der Waals surface area contributed by atoms with Crippen LogP contribution < -0.4 is 10.6 Å². The molecule has 1 aromatic heterocycles. The maximum Gasteiger partial charge on any atom is 0.191 e. The summed E-state index contributed by atoms with van der Waals surface area (Å²) in [6.45, 7) is 6.40. The molecule has 2 N–H and O–H groups in total. The number of halogens is 2. The zero-order valence-corrected chi connectivity index (χ0v) is 17.1. The highest BCUT2D eigenvalue weighted by atomic mass is 127. The Morgan fingerprint density at radius 1 is 1.12 bits per heavy atom. The van der Waals surface area contributed by atoms with Crippen molar-refractivity contribution in [1.82, 2.24) is 15.6 Å². The van der Waals surface area contributed by atoms with Gasteiger partial charge >= 0.3 is 0 Å². The summed E-state index contributed by atoms with van der Waals surface area (Å²) in [4.78, 5) is 8.72. The summed E-state index contributed by atoms with van der Waals surface area (Å²) in [5.74, 6) is 0.610. The third kappa shape index (κ3) is 7.81. The van der Waals surface area contributed by atoms with Gasteiger partial charge in [0.1, 0.15) is 5.82 Å². The van der Waals surface area contributed by atoms with Crippen LogP contribution >= 0.6 is 24.0 Å². The fourth-order valence-electron chi connectivity index (χ4n) is 2.39. The minimum absolute atomic E-state index is 0. The fraction of sp³-hybridized carbons (Fsp3) is 0.368. The summed E-state index contributed by atoms with van der Waals surface area (Å²) in [7, 11) is 0. The summed E-state index contributed by atoms with van der Waals surface area (Å²) >= 11 is 0. The van der Waals surface area contributed by atoms with Crippen LogP contribution in [0.5, 0.6) is 0 Å². The summed E-state index contributed by atoms with van der Waals surface area (Å²) in [6.07, 6.45) is 5.42. The van der Waals surface area contributed by atoms with E-state index in [1.807, 2.05) is 37.5 Å². The zero-order valence-electron chi connectivity index (χ0n) is 14.8. The number of rotatable bonds is 7. The Kier molecular flexibility index (Phi) is 10.1. The normalized spacial score (nSPS) is 10.9. The van der Waals surface area contributed by atoms with Crippen LogP contribution in [0.3, 0.4) is 0 Å². The van der Waals surface area contributed by atoms with E-state index < -0.39 is 0 Å². The standard InChI is InChI=1S/C19H25FN4.HI/c1-3-22-19(23-12-8-16-4-6-18(20)7-5-16)24-13-10-17-9-11-21-14-15(17)2;/h4-7,9,11,14H,3,8,10,12-13H2,1-2H3,(H2,22,23,24);1H. The van der Waals surface area contributed by atoms with Crippen molar-refractivity contribution in [2.45, 2.75) is 26.7 Å². The highest BCUT2D eigenvalue weighted by Crippen LogP contribution is 2.06. The molecule has 0 unspecified atom stereocenters. The first-order valence-corrected chi connectivity index (χ1v) is 8.35. The number of guanidine groups is 1. The number of nitrogens with zero attached hydrogens (tertiary/aromatic N) is 2. The SMILES string of the molecule is CCNC(=NCCc1ccncc1C)NCCc1ccc(F)cc1.I. The van der Waals surface area contributed by atoms with Crippen LogP contribution in [0, 0.1) is 12.7 Å². The number of nitrogens with one attached hydrogen (secondary N) is 2. The largest absolute Gasteiger partial charge is 0.357 e. The first-order valence-electron chi connectivity index (χ1n) is 8.35. The van der Waals surface area contributed by atoms with Crippen molar-refractivity contribution in [2.75, 3.05) is 19.6 Å². The molecule has 0 amide bonds. The molecule has 4 nitrogen and oxygen atoms in total. The summed E-state index contributed by atoms with van der Waals surface area (Å²) in [5, 5.41) is 6.56. The van der Waals surface area contributed by atoms with Gasteiger partial charge in [0, 0.05) is 32.0 Å². The molecule has 1 aromatic carbocycles. The Hall–Kier alpha value is -1.70. The van der Waals surface area contributed by atoms with Crippen molar-refractivity contribution in [3.8, 4) is 0 Å². The molecule has 2 aromatic rings. The smallest absolute Gasteiger partial charge is 0.191 e. The van der Waals surface area contributed by atoms with Crippen molar-refractivity contribution in [1.29, 1.82) is 0 Å². The highest BCUT2D eigenvalue weighted by Gasteiger charge is 2.00.